The number of aliphatic hydroxyl groups is 1. The Labute approximate surface area is 64.5 Å². The molecule has 2 aliphatic rings. The predicted octanol–water partition coefficient (Wildman–Crippen LogP) is 0.0305. The van der Waals surface area contributed by atoms with Crippen molar-refractivity contribution in [3.8, 4) is 6.57 Å². The van der Waals surface area contributed by atoms with Gasteiger partial charge in [0.1, 0.15) is 5.92 Å². The predicted molar refractivity (Wildman–Crippen MR) is 37.1 cm³/mol. The van der Waals surface area contributed by atoms with Crippen LogP contribution in [-0.4, -0.2) is 30.3 Å². The summed E-state index contributed by atoms with van der Waals surface area (Å²) in [6.07, 6.45) is 0.284. The molecule has 3 atom stereocenters. The van der Waals surface area contributed by atoms with E-state index in [1.165, 1.54) is 0 Å². The van der Waals surface area contributed by atoms with Crippen LogP contribution < -0.4 is 0 Å². The van der Waals surface area contributed by atoms with E-state index in [1.807, 2.05) is 0 Å². The third kappa shape index (κ3) is 0.791. The van der Waals surface area contributed by atoms with E-state index < -0.39 is 12.0 Å². The normalized spacial score (nSPS) is 48.7. The van der Waals surface area contributed by atoms with Gasteiger partial charge in [-0.2, -0.15) is 0 Å². The summed E-state index contributed by atoms with van der Waals surface area (Å²) < 4.78 is 10.4. The Morgan fingerprint density at radius 1 is 1.55 bits per heavy atom. The largest absolute Gasteiger partial charge is 0.507 e. The number of ether oxygens (including phenoxy) is 2. The van der Waals surface area contributed by atoms with Gasteiger partial charge in [-0.3, -0.25) is 9.47 Å². The molecular formula is C7H10NO3+. The molecule has 2 fully saturated rings. The Kier molecular flexibility index (Phi) is 1.39. The molecule has 0 saturated carbocycles. The van der Waals surface area contributed by atoms with Gasteiger partial charge in [0.15, 0.2) is 0 Å². The molecule has 0 aromatic rings. The summed E-state index contributed by atoms with van der Waals surface area (Å²) in [7, 11) is 0. The molecule has 0 unspecified atom stereocenters. The summed E-state index contributed by atoms with van der Waals surface area (Å²) in [5, 5.41) is 9.38. The first-order valence-electron chi connectivity index (χ1n) is 3.66. The minimum Gasteiger partial charge on any atom is -0.390 e. The molecule has 0 radical (unpaired) electrons. The third-order valence-electron chi connectivity index (χ3n) is 2.31. The van der Waals surface area contributed by atoms with Crippen molar-refractivity contribution in [3.05, 3.63) is 4.85 Å². The van der Waals surface area contributed by atoms with Gasteiger partial charge in [0.2, 0.25) is 0 Å². The zero-order chi connectivity index (χ0) is 7.90. The van der Waals surface area contributed by atoms with Gasteiger partial charge >= 0.3 is 5.91 Å². The standard InChI is InChI=1S/C7H10NO3/c1-8-7-5(2-3-10-7)6(9)4-11-7/h1,5-6,9H,2-4H2/q+1/t5-,6-,7-/m0/s1. The Bertz CT molecular complexity index is 212. The number of hydrogen-bond donors (Lipinski definition) is 1. The second-order valence-corrected chi connectivity index (χ2v) is 2.88. The molecule has 1 N–H and O–H groups in total. The molecule has 60 valence electrons. The first-order chi connectivity index (χ1) is 5.28. The molecule has 4 nitrogen and oxygen atoms in total. The Balaban J connectivity index is 2.27. The van der Waals surface area contributed by atoms with Crippen LogP contribution in [0.5, 0.6) is 0 Å². The van der Waals surface area contributed by atoms with E-state index in [-0.39, 0.29) is 12.5 Å². The maximum absolute atomic E-state index is 9.38. The fourth-order valence-corrected chi connectivity index (χ4v) is 1.70. The average molecular weight is 156 g/mol. The molecule has 2 rings (SSSR count). The Hall–Kier alpha value is -0.630. The number of fused-ring (bicyclic) bond motifs is 1. The smallest absolute Gasteiger partial charge is 0.390 e. The minimum absolute atomic E-state index is 0.0764. The fourth-order valence-electron chi connectivity index (χ4n) is 1.70. The first kappa shape index (κ1) is 7.04. The molecule has 2 saturated heterocycles. The third-order valence-corrected chi connectivity index (χ3v) is 2.31. The monoisotopic (exact) mass is 156 g/mol. The summed E-state index contributed by atoms with van der Waals surface area (Å²) in [6, 6.07) is 0. The summed E-state index contributed by atoms with van der Waals surface area (Å²) in [4.78, 5) is 3.53. The lowest BCUT2D eigenvalue weighted by molar-refractivity contribution is -0.160. The zero-order valence-corrected chi connectivity index (χ0v) is 6.06. The fraction of sp³-hybridized carbons (Fsp3) is 0.857. The van der Waals surface area contributed by atoms with E-state index in [0.717, 1.165) is 6.42 Å². The van der Waals surface area contributed by atoms with E-state index in [9.17, 15) is 5.11 Å². The quantitative estimate of drug-likeness (QED) is 0.538. The summed E-state index contributed by atoms with van der Waals surface area (Å²) in [6.45, 7) is 5.96. The van der Waals surface area contributed by atoms with Crippen LogP contribution in [0, 0.1) is 12.5 Å². The molecule has 0 spiro atoms. The summed E-state index contributed by atoms with van der Waals surface area (Å²) in [5.41, 5.74) is 0. The van der Waals surface area contributed by atoms with Crippen molar-refractivity contribution in [3.63, 3.8) is 0 Å². The van der Waals surface area contributed by atoms with Crippen molar-refractivity contribution in [1.82, 2.24) is 0 Å². The maximum atomic E-state index is 9.38. The van der Waals surface area contributed by atoms with Gasteiger partial charge in [-0.25, -0.2) is 0 Å². The van der Waals surface area contributed by atoms with Gasteiger partial charge in [0, 0.05) is 0 Å². The van der Waals surface area contributed by atoms with Gasteiger partial charge < -0.3 is 5.11 Å². The van der Waals surface area contributed by atoms with Gasteiger partial charge in [0.05, 0.1) is 19.3 Å². The van der Waals surface area contributed by atoms with Crippen LogP contribution in [-0.2, 0) is 9.47 Å². The molecule has 0 aromatic heterocycles. The van der Waals surface area contributed by atoms with E-state index in [2.05, 4.69) is 4.85 Å². The van der Waals surface area contributed by atoms with Crippen molar-refractivity contribution in [2.45, 2.75) is 18.4 Å². The van der Waals surface area contributed by atoms with Gasteiger partial charge in [-0.1, -0.05) is 0 Å². The van der Waals surface area contributed by atoms with Crippen LogP contribution in [0.3, 0.4) is 0 Å². The van der Waals surface area contributed by atoms with E-state index >= 15 is 0 Å². The molecule has 0 aliphatic carbocycles. The van der Waals surface area contributed by atoms with E-state index in [4.69, 9.17) is 16.0 Å². The lowest BCUT2D eigenvalue weighted by Crippen LogP contribution is -2.30. The molecule has 2 heterocycles. The Morgan fingerprint density at radius 3 is 3.00 bits per heavy atom. The minimum atomic E-state index is -1.03. The SMILES string of the molecule is C#[N+][C@]12OCC[C@H]1[C@@H](O)CO2. The Morgan fingerprint density at radius 2 is 2.36 bits per heavy atom. The number of rotatable bonds is 0. The molecule has 4 heteroatoms. The first-order valence-corrected chi connectivity index (χ1v) is 3.66. The lowest BCUT2D eigenvalue weighted by Gasteiger charge is -2.07. The van der Waals surface area contributed by atoms with Crippen LogP contribution in [0.1, 0.15) is 6.42 Å². The van der Waals surface area contributed by atoms with E-state index in [1.54, 1.807) is 0 Å². The maximum Gasteiger partial charge on any atom is 0.507 e. The van der Waals surface area contributed by atoms with Gasteiger partial charge in [-0.15, -0.1) is 0 Å². The van der Waals surface area contributed by atoms with Crippen LogP contribution in [0.15, 0.2) is 0 Å². The highest BCUT2D eigenvalue weighted by atomic mass is 16.7. The average Bonchev–Trinajstić information content (AvgIpc) is 2.53. The van der Waals surface area contributed by atoms with Gasteiger partial charge in [-0.05, 0) is 11.3 Å². The van der Waals surface area contributed by atoms with Crippen molar-refractivity contribution in [2.24, 2.45) is 5.92 Å². The highest BCUT2D eigenvalue weighted by Crippen LogP contribution is 2.41. The number of aliphatic hydroxyl groups excluding tert-OH is 1. The number of hydrogen-bond acceptors (Lipinski definition) is 3. The van der Waals surface area contributed by atoms with E-state index in [0.29, 0.717) is 6.61 Å². The van der Waals surface area contributed by atoms with Crippen LogP contribution >= 0.6 is 0 Å². The highest BCUT2D eigenvalue weighted by molar-refractivity contribution is 5.01. The zero-order valence-electron chi connectivity index (χ0n) is 6.06. The summed E-state index contributed by atoms with van der Waals surface area (Å²) >= 11 is 0. The number of nitrogens with zero attached hydrogens (tertiary/aromatic N) is 1. The topological polar surface area (TPSA) is 43.0 Å². The molecule has 0 aromatic carbocycles. The molecule has 2 aliphatic heterocycles. The van der Waals surface area contributed by atoms with Crippen LogP contribution in [0.25, 0.3) is 4.85 Å². The summed E-state index contributed by atoms with van der Waals surface area (Å²) in [5.74, 6) is -1.10. The molecule has 0 bridgehead atoms. The molecular weight excluding hydrogens is 146 g/mol. The van der Waals surface area contributed by atoms with Crippen molar-refractivity contribution >= 4 is 0 Å². The van der Waals surface area contributed by atoms with Gasteiger partial charge in [0.25, 0.3) is 6.57 Å². The van der Waals surface area contributed by atoms with Crippen molar-refractivity contribution < 1.29 is 14.6 Å². The van der Waals surface area contributed by atoms with Crippen molar-refractivity contribution in [1.29, 1.82) is 0 Å². The van der Waals surface area contributed by atoms with Crippen molar-refractivity contribution in [2.75, 3.05) is 13.2 Å². The van der Waals surface area contributed by atoms with Crippen LogP contribution in [0.4, 0.5) is 0 Å². The molecule has 11 heavy (non-hydrogen) atoms. The second kappa shape index (κ2) is 2.18. The highest BCUT2D eigenvalue weighted by Gasteiger charge is 2.64. The second-order valence-electron chi connectivity index (χ2n) is 2.88. The molecule has 0 amide bonds. The van der Waals surface area contributed by atoms with Crippen LogP contribution in [0.2, 0.25) is 0 Å². The lowest BCUT2D eigenvalue weighted by atomic mass is 10.0.